The third-order valence-electron chi connectivity index (χ3n) is 2.35. The highest BCUT2D eigenvalue weighted by molar-refractivity contribution is 5.90. The first-order chi connectivity index (χ1) is 6.57. The fraction of sp³-hybridized carbons (Fsp3) is 0.700. The highest BCUT2D eigenvalue weighted by Gasteiger charge is 2.39. The summed E-state index contributed by atoms with van der Waals surface area (Å²) >= 11 is 0. The number of carbonyl (C=O) groups excluding carboxylic acids is 1. The normalized spacial score (nSPS) is 35.7. The predicted octanol–water partition coefficient (Wildman–Crippen LogP) is 1.01. The summed E-state index contributed by atoms with van der Waals surface area (Å²) in [6.07, 6.45) is 2.91. The van der Waals surface area contributed by atoms with E-state index in [1.807, 2.05) is 13.8 Å². The van der Waals surface area contributed by atoms with Gasteiger partial charge in [-0.05, 0) is 13.8 Å². The maximum absolute atomic E-state index is 11.1. The van der Waals surface area contributed by atoms with Crippen molar-refractivity contribution in [3.63, 3.8) is 0 Å². The third-order valence-corrected chi connectivity index (χ3v) is 2.35. The van der Waals surface area contributed by atoms with Gasteiger partial charge in [-0.1, -0.05) is 0 Å². The minimum atomic E-state index is -0.557. The van der Waals surface area contributed by atoms with E-state index in [9.17, 15) is 4.79 Å². The van der Waals surface area contributed by atoms with Gasteiger partial charge in [0.05, 0.1) is 19.3 Å². The molecular formula is C10H14O4. The van der Waals surface area contributed by atoms with Gasteiger partial charge in [0.15, 0.2) is 11.6 Å². The van der Waals surface area contributed by atoms with Gasteiger partial charge in [-0.2, -0.15) is 0 Å². The fourth-order valence-electron chi connectivity index (χ4n) is 1.65. The average molecular weight is 198 g/mol. The molecule has 0 spiro atoms. The quantitative estimate of drug-likeness (QED) is 0.630. The Bertz CT molecular complexity index is 269. The minimum absolute atomic E-state index is 0.0783. The molecule has 2 aliphatic rings. The van der Waals surface area contributed by atoms with Crippen molar-refractivity contribution in [1.82, 2.24) is 0 Å². The first-order valence-electron chi connectivity index (χ1n) is 4.73. The summed E-state index contributed by atoms with van der Waals surface area (Å²) < 4.78 is 16.3. The zero-order valence-corrected chi connectivity index (χ0v) is 8.36. The second-order valence-electron chi connectivity index (χ2n) is 4.01. The lowest BCUT2D eigenvalue weighted by atomic mass is 10.1. The van der Waals surface area contributed by atoms with Crippen molar-refractivity contribution >= 4 is 5.78 Å². The highest BCUT2D eigenvalue weighted by Crippen LogP contribution is 2.27. The van der Waals surface area contributed by atoms with Crippen LogP contribution in [0.3, 0.4) is 0 Å². The summed E-state index contributed by atoms with van der Waals surface area (Å²) in [6.45, 7) is 4.19. The lowest BCUT2D eigenvalue weighted by molar-refractivity contribution is -0.154. The lowest BCUT2D eigenvalue weighted by Crippen LogP contribution is -2.35. The molecule has 0 N–H and O–H groups in total. The summed E-state index contributed by atoms with van der Waals surface area (Å²) in [5, 5.41) is 0. The number of allylic oxidation sites excluding steroid dienone is 1. The van der Waals surface area contributed by atoms with Crippen molar-refractivity contribution in [2.24, 2.45) is 0 Å². The molecule has 4 heteroatoms. The van der Waals surface area contributed by atoms with Crippen molar-refractivity contribution in [1.29, 1.82) is 0 Å². The molecule has 0 unspecified atom stereocenters. The van der Waals surface area contributed by atoms with Crippen LogP contribution < -0.4 is 0 Å². The summed E-state index contributed by atoms with van der Waals surface area (Å²) in [4.78, 5) is 11.1. The summed E-state index contributed by atoms with van der Waals surface area (Å²) in [5.41, 5.74) is 0. The van der Waals surface area contributed by atoms with E-state index in [2.05, 4.69) is 0 Å². The number of rotatable bonds is 1. The second-order valence-corrected chi connectivity index (χ2v) is 4.01. The Morgan fingerprint density at radius 2 is 2.21 bits per heavy atom. The molecule has 2 aliphatic heterocycles. The molecule has 0 amide bonds. The van der Waals surface area contributed by atoms with Gasteiger partial charge in [0, 0.05) is 6.08 Å². The maximum atomic E-state index is 11.1. The standard InChI is InChI=1S/C10H14O4/c1-10(2)13-6-9(14-10)8-5-7(11)3-4-12-8/h3-4,8-9H,5-6H2,1-2H3/t8-,9+/m0/s1. The number of hydrogen-bond donors (Lipinski definition) is 0. The van der Waals surface area contributed by atoms with Crippen LogP contribution in [0.2, 0.25) is 0 Å². The van der Waals surface area contributed by atoms with Crippen LogP contribution in [-0.2, 0) is 19.0 Å². The van der Waals surface area contributed by atoms with E-state index < -0.39 is 5.79 Å². The molecule has 0 aliphatic carbocycles. The van der Waals surface area contributed by atoms with Crippen molar-refractivity contribution in [3.05, 3.63) is 12.3 Å². The lowest BCUT2D eigenvalue weighted by Gasteiger charge is -2.24. The molecule has 78 valence electrons. The van der Waals surface area contributed by atoms with E-state index in [1.165, 1.54) is 12.3 Å². The molecule has 1 fully saturated rings. The first kappa shape index (κ1) is 9.68. The Morgan fingerprint density at radius 3 is 2.79 bits per heavy atom. The number of ether oxygens (including phenoxy) is 3. The molecule has 1 saturated heterocycles. The van der Waals surface area contributed by atoms with Gasteiger partial charge in [0.2, 0.25) is 0 Å². The number of ketones is 1. The van der Waals surface area contributed by atoms with Crippen LogP contribution in [0.15, 0.2) is 12.3 Å². The van der Waals surface area contributed by atoms with Crippen LogP contribution in [0.25, 0.3) is 0 Å². The molecule has 0 aromatic carbocycles. The van der Waals surface area contributed by atoms with Crippen LogP contribution in [0, 0.1) is 0 Å². The third kappa shape index (κ3) is 1.96. The van der Waals surface area contributed by atoms with Gasteiger partial charge in [-0.15, -0.1) is 0 Å². The molecule has 2 atom stereocenters. The van der Waals surface area contributed by atoms with Crippen molar-refractivity contribution < 1.29 is 19.0 Å². The Morgan fingerprint density at radius 1 is 1.43 bits per heavy atom. The van der Waals surface area contributed by atoms with E-state index in [0.29, 0.717) is 13.0 Å². The summed E-state index contributed by atoms with van der Waals surface area (Å²) in [7, 11) is 0. The van der Waals surface area contributed by atoms with E-state index in [1.54, 1.807) is 0 Å². The number of hydrogen-bond acceptors (Lipinski definition) is 4. The molecule has 0 bridgehead atoms. The molecule has 0 aromatic heterocycles. The zero-order valence-electron chi connectivity index (χ0n) is 8.36. The van der Waals surface area contributed by atoms with Gasteiger partial charge in [0.25, 0.3) is 0 Å². The van der Waals surface area contributed by atoms with E-state index in [4.69, 9.17) is 14.2 Å². The van der Waals surface area contributed by atoms with Gasteiger partial charge in [0.1, 0.15) is 12.2 Å². The smallest absolute Gasteiger partial charge is 0.163 e. The topological polar surface area (TPSA) is 44.8 Å². The number of carbonyl (C=O) groups is 1. The molecule has 0 radical (unpaired) electrons. The maximum Gasteiger partial charge on any atom is 0.163 e. The van der Waals surface area contributed by atoms with Crippen LogP contribution >= 0.6 is 0 Å². The van der Waals surface area contributed by atoms with Gasteiger partial charge in [-0.25, -0.2) is 0 Å². The van der Waals surface area contributed by atoms with Gasteiger partial charge < -0.3 is 14.2 Å². The zero-order chi connectivity index (χ0) is 10.2. The first-order valence-corrected chi connectivity index (χ1v) is 4.73. The molecule has 2 rings (SSSR count). The van der Waals surface area contributed by atoms with E-state index in [0.717, 1.165) is 0 Å². The van der Waals surface area contributed by atoms with Crippen molar-refractivity contribution in [2.75, 3.05) is 6.61 Å². The second kappa shape index (κ2) is 3.37. The minimum Gasteiger partial charge on any atom is -0.495 e. The molecule has 14 heavy (non-hydrogen) atoms. The fourth-order valence-corrected chi connectivity index (χ4v) is 1.65. The van der Waals surface area contributed by atoms with Crippen molar-refractivity contribution in [2.45, 2.75) is 38.3 Å². The molecular weight excluding hydrogens is 184 g/mol. The predicted molar refractivity (Wildman–Crippen MR) is 48.5 cm³/mol. The summed E-state index contributed by atoms with van der Waals surface area (Å²) in [6, 6.07) is 0. The molecule has 0 saturated carbocycles. The van der Waals surface area contributed by atoms with Crippen LogP contribution in [0.4, 0.5) is 0 Å². The summed E-state index contributed by atoms with van der Waals surface area (Å²) in [5.74, 6) is -0.479. The van der Waals surface area contributed by atoms with E-state index >= 15 is 0 Å². The van der Waals surface area contributed by atoms with Crippen LogP contribution in [0.5, 0.6) is 0 Å². The average Bonchev–Trinajstić information content (AvgIpc) is 2.46. The monoisotopic (exact) mass is 198 g/mol. The van der Waals surface area contributed by atoms with E-state index in [-0.39, 0.29) is 18.0 Å². The van der Waals surface area contributed by atoms with Crippen molar-refractivity contribution in [3.8, 4) is 0 Å². The van der Waals surface area contributed by atoms with Crippen LogP contribution in [-0.4, -0.2) is 30.4 Å². The molecule has 4 nitrogen and oxygen atoms in total. The Labute approximate surface area is 82.8 Å². The Kier molecular flexibility index (Phi) is 2.33. The SMILES string of the molecule is CC1(C)OC[C@H]([C@@H]2CC(=O)C=CO2)O1. The largest absolute Gasteiger partial charge is 0.495 e. The molecule has 2 heterocycles. The van der Waals surface area contributed by atoms with Gasteiger partial charge in [-0.3, -0.25) is 4.79 Å². The Balaban J connectivity index is 1.97. The van der Waals surface area contributed by atoms with Crippen LogP contribution in [0.1, 0.15) is 20.3 Å². The highest BCUT2D eigenvalue weighted by atomic mass is 16.7. The Hall–Kier alpha value is -0.870. The van der Waals surface area contributed by atoms with Gasteiger partial charge >= 0.3 is 0 Å². The molecule has 0 aromatic rings.